The number of rotatable bonds is 2. The van der Waals surface area contributed by atoms with Crippen molar-refractivity contribution in [3.05, 3.63) is 47.5 Å². The lowest BCUT2D eigenvalue weighted by atomic mass is 10.0. The summed E-state index contributed by atoms with van der Waals surface area (Å²) < 4.78 is 0. The maximum atomic E-state index is 10.9. The summed E-state index contributed by atoms with van der Waals surface area (Å²) in [6.45, 7) is 0. The molecule has 0 aliphatic heterocycles. The summed E-state index contributed by atoms with van der Waals surface area (Å²) in [7, 11) is 0. The molecule has 0 unspecified atom stereocenters. The van der Waals surface area contributed by atoms with Gasteiger partial charge in [-0.25, -0.2) is 4.79 Å². The van der Waals surface area contributed by atoms with Gasteiger partial charge in [0.25, 0.3) is 0 Å². The summed E-state index contributed by atoms with van der Waals surface area (Å²) in [5.74, 6) is 4.10. The normalized spacial score (nSPS) is 9.68. The first kappa shape index (κ1) is 12.7. The lowest BCUT2D eigenvalue weighted by molar-refractivity contribution is -0.117. The van der Waals surface area contributed by atoms with Crippen LogP contribution in [0.15, 0.2) is 36.4 Å². The van der Waals surface area contributed by atoms with Gasteiger partial charge >= 0.3 is 5.97 Å². The van der Waals surface area contributed by atoms with Gasteiger partial charge < -0.3 is 10.8 Å². The molecule has 94 valence electrons. The molecule has 2 aromatic carbocycles. The van der Waals surface area contributed by atoms with E-state index in [0.29, 0.717) is 0 Å². The molecular weight excluding hydrogens is 242 g/mol. The van der Waals surface area contributed by atoms with Crippen molar-refractivity contribution < 1.29 is 14.7 Å². The Morgan fingerprint density at radius 2 is 1.79 bits per heavy atom. The molecule has 0 heterocycles. The van der Waals surface area contributed by atoms with E-state index in [1.54, 1.807) is 30.3 Å². The predicted molar refractivity (Wildman–Crippen MR) is 71.6 cm³/mol. The molecule has 0 saturated heterocycles. The summed E-state index contributed by atoms with van der Waals surface area (Å²) in [5, 5.41) is 10.6. The fourth-order valence-corrected chi connectivity index (χ4v) is 1.69. The Kier molecular flexibility index (Phi) is 3.48. The summed E-state index contributed by atoms with van der Waals surface area (Å²) in [6, 6.07) is 10.3. The molecule has 0 aromatic heterocycles. The summed E-state index contributed by atoms with van der Waals surface area (Å²) in [5.41, 5.74) is 6.01. The second kappa shape index (κ2) is 5.23. The zero-order valence-corrected chi connectivity index (χ0v) is 10.0. The number of aromatic carboxylic acids is 1. The summed E-state index contributed by atoms with van der Waals surface area (Å²) in [4.78, 5) is 21.4. The zero-order valence-electron chi connectivity index (χ0n) is 10.0. The van der Waals surface area contributed by atoms with Gasteiger partial charge in [-0.3, -0.25) is 4.79 Å². The minimum Gasteiger partial charge on any atom is -0.478 e. The quantitative estimate of drug-likeness (QED) is 0.800. The average molecular weight is 253 g/mol. The predicted octanol–water partition coefficient (Wildman–Crippen LogP) is 1.76. The van der Waals surface area contributed by atoms with Crippen LogP contribution in [0.2, 0.25) is 0 Å². The highest BCUT2D eigenvalue weighted by atomic mass is 16.4. The van der Waals surface area contributed by atoms with Gasteiger partial charge in [-0.1, -0.05) is 24.0 Å². The molecule has 0 bridgehead atoms. The minimum absolute atomic E-state index is 0.0238. The van der Waals surface area contributed by atoms with E-state index in [1.165, 1.54) is 0 Å². The van der Waals surface area contributed by atoms with Crippen molar-refractivity contribution in [2.45, 2.75) is 6.42 Å². The van der Waals surface area contributed by atoms with Crippen molar-refractivity contribution in [2.75, 3.05) is 0 Å². The zero-order chi connectivity index (χ0) is 13.8. The Morgan fingerprint density at radius 3 is 2.47 bits per heavy atom. The number of amides is 1. The number of carboxylic acids is 1. The first-order valence-corrected chi connectivity index (χ1v) is 5.60. The van der Waals surface area contributed by atoms with Gasteiger partial charge in [0.1, 0.15) is 0 Å². The van der Waals surface area contributed by atoms with Gasteiger partial charge in [-0.2, -0.15) is 0 Å². The smallest absolute Gasteiger partial charge is 0.335 e. The standard InChI is InChI=1S/C15H11NO3/c16-14(17)3-1-2-10-4-5-12-9-13(15(18)19)7-6-11(12)8-10/h4-9H,3H2,(H2,16,17)(H,18,19). The van der Waals surface area contributed by atoms with Crippen LogP contribution in [0, 0.1) is 11.8 Å². The molecule has 2 rings (SSSR count). The van der Waals surface area contributed by atoms with Crippen molar-refractivity contribution in [3.63, 3.8) is 0 Å². The number of hydrogen-bond acceptors (Lipinski definition) is 2. The second-order valence-corrected chi connectivity index (χ2v) is 4.03. The highest BCUT2D eigenvalue weighted by Crippen LogP contribution is 2.17. The third kappa shape index (κ3) is 3.11. The van der Waals surface area contributed by atoms with Crippen LogP contribution in [0.1, 0.15) is 22.3 Å². The molecule has 1 amide bonds. The van der Waals surface area contributed by atoms with Crippen LogP contribution in [-0.2, 0) is 4.79 Å². The van der Waals surface area contributed by atoms with Gasteiger partial charge in [-0.05, 0) is 35.0 Å². The number of benzene rings is 2. The minimum atomic E-state index is -0.952. The largest absolute Gasteiger partial charge is 0.478 e. The lowest BCUT2D eigenvalue weighted by Gasteiger charge is -2.00. The number of carbonyl (C=O) groups is 2. The van der Waals surface area contributed by atoms with Crippen molar-refractivity contribution >= 4 is 22.6 Å². The molecule has 4 heteroatoms. The fraction of sp³-hybridized carbons (Fsp3) is 0.0667. The van der Waals surface area contributed by atoms with Crippen LogP contribution in [-0.4, -0.2) is 17.0 Å². The Morgan fingerprint density at radius 1 is 1.11 bits per heavy atom. The molecule has 4 nitrogen and oxygen atoms in total. The topological polar surface area (TPSA) is 80.4 Å². The summed E-state index contributed by atoms with van der Waals surface area (Å²) >= 11 is 0. The van der Waals surface area contributed by atoms with Crippen LogP contribution in [0.4, 0.5) is 0 Å². The highest BCUT2D eigenvalue weighted by molar-refractivity contribution is 5.94. The average Bonchev–Trinajstić information content (AvgIpc) is 2.37. The van der Waals surface area contributed by atoms with Crippen LogP contribution in [0.5, 0.6) is 0 Å². The van der Waals surface area contributed by atoms with Gasteiger partial charge in [-0.15, -0.1) is 0 Å². The summed E-state index contributed by atoms with van der Waals surface area (Å²) in [6.07, 6.45) is 0.0238. The molecule has 0 saturated carbocycles. The maximum absolute atomic E-state index is 10.9. The number of carboxylic acid groups (broad SMARTS) is 1. The van der Waals surface area contributed by atoms with Crippen molar-refractivity contribution in [1.29, 1.82) is 0 Å². The SMILES string of the molecule is NC(=O)CC#Cc1ccc2cc(C(=O)O)ccc2c1. The highest BCUT2D eigenvalue weighted by Gasteiger charge is 2.03. The van der Waals surface area contributed by atoms with E-state index in [9.17, 15) is 9.59 Å². The van der Waals surface area contributed by atoms with Gasteiger partial charge in [0.15, 0.2) is 0 Å². The molecule has 19 heavy (non-hydrogen) atoms. The molecule has 2 aromatic rings. The van der Waals surface area contributed by atoms with Gasteiger partial charge in [0, 0.05) is 5.56 Å². The molecule has 0 aliphatic rings. The first-order valence-electron chi connectivity index (χ1n) is 5.60. The van der Waals surface area contributed by atoms with E-state index >= 15 is 0 Å². The lowest BCUT2D eigenvalue weighted by Crippen LogP contribution is -2.08. The molecule has 0 spiro atoms. The first-order chi connectivity index (χ1) is 9.06. The van der Waals surface area contributed by atoms with E-state index in [4.69, 9.17) is 10.8 Å². The molecule has 0 fully saturated rings. The Bertz CT molecular complexity index is 723. The van der Waals surface area contributed by atoms with Crippen LogP contribution in [0.3, 0.4) is 0 Å². The van der Waals surface area contributed by atoms with E-state index in [0.717, 1.165) is 16.3 Å². The Balaban J connectivity index is 2.35. The number of nitrogens with two attached hydrogens (primary N) is 1. The number of primary amides is 1. The Hall–Kier alpha value is -2.80. The van der Waals surface area contributed by atoms with Crippen LogP contribution < -0.4 is 5.73 Å². The van der Waals surface area contributed by atoms with E-state index in [2.05, 4.69) is 11.8 Å². The molecule has 3 N–H and O–H groups in total. The third-order valence-corrected chi connectivity index (χ3v) is 2.58. The van der Waals surface area contributed by atoms with Gasteiger partial charge in [0.2, 0.25) is 5.91 Å². The van der Waals surface area contributed by atoms with Crippen LogP contribution in [0.25, 0.3) is 10.8 Å². The molecular formula is C15H11NO3. The molecule has 0 aliphatic carbocycles. The van der Waals surface area contributed by atoms with E-state index in [1.807, 2.05) is 6.07 Å². The van der Waals surface area contributed by atoms with Crippen molar-refractivity contribution in [1.82, 2.24) is 0 Å². The van der Waals surface area contributed by atoms with E-state index in [-0.39, 0.29) is 12.0 Å². The third-order valence-electron chi connectivity index (χ3n) is 2.58. The van der Waals surface area contributed by atoms with Crippen LogP contribution >= 0.6 is 0 Å². The van der Waals surface area contributed by atoms with Gasteiger partial charge in [0.05, 0.1) is 12.0 Å². The number of hydrogen-bond donors (Lipinski definition) is 2. The monoisotopic (exact) mass is 253 g/mol. The fourth-order valence-electron chi connectivity index (χ4n) is 1.69. The van der Waals surface area contributed by atoms with E-state index < -0.39 is 11.9 Å². The number of fused-ring (bicyclic) bond motifs is 1. The van der Waals surface area contributed by atoms with Crippen molar-refractivity contribution in [2.24, 2.45) is 5.73 Å². The second-order valence-electron chi connectivity index (χ2n) is 4.03. The maximum Gasteiger partial charge on any atom is 0.335 e. The number of carbonyl (C=O) groups excluding carboxylic acids is 1. The Labute approximate surface area is 109 Å². The molecule has 0 atom stereocenters. The van der Waals surface area contributed by atoms with Crippen molar-refractivity contribution in [3.8, 4) is 11.8 Å². The molecule has 0 radical (unpaired) electrons.